The van der Waals surface area contributed by atoms with Gasteiger partial charge in [0.15, 0.2) is 0 Å². The second-order valence-electron chi connectivity index (χ2n) is 6.33. The summed E-state index contributed by atoms with van der Waals surface area (Å²) in [6, 6.07) is 10.9. The first-order valence-electron chi connectivity index (χ1n) is 8.14. The molecule has 0 unspecified atom stereocenters. The Morgan fingerprint density at radius 2 is 2.08 bits per heavy atom. The zero-order valence-electron chi connectivity index (χ0n) is 13.6. The first-order valence-corrected chi connectivity index (χ1v) is 8.52. The molecule has 0 aromatic heterocycles. The summed E-state index contributed by atoms with van der Waals surface area (Å²) >= 11 is 6.43. The zero-order chi connectivity index (χ0) is 17.6. The molecule has 4 rings (SSSR count). The number of methoxy groups -OCH3 is 1. The van der Waals surface area contributed by atoms with E-state index in [2.05, 4.69) is 17.5 Å². The highest BCUT2D eigenvalue weighted by molar-refractivity contribution is 6.31. The van der Waals surface area contributed by atoms with E-state index >= 15 is 0 Å². The molecule has 1 aliphatic heterocycles. The van der Waals surface area contributed by atoms with Gasteiger partial charge in [-0.25, -0.2) is 0 Å². The van der Waals surface area contributed by atoms with Gasteiger partial charge in [-0.3, -0.25) is 10.1 Å². The van der Waals surface area contributed by atoms with E-state index in [9.17, 15) is 10.1 Å². The molecule has 128 valence electrons. The fourth-order valence-electron chi connectivity index (χ4n) is 4.03. The number of nitro groups is 1. The van der Waals surface area contributed by atoms with Gasteiger partial charge in [0.2, 0.25) is 0 Å². The van der Waals surface area contributed by atoms with Crippen molar-refractivity contribution in [2.75, 3.05) is 12.4 Å². The number of nitrogens with zero attached hydrogens (tertiary/aromatic N) is 1. The molecule has 2 aromatic rings. The van der Waals surface area contributed by atoms with Crippen LogP contribution in [0.15, 0.2) is 48.6 Å². The van der Waals surface area contributed by atoms with Gasteiger partial charge < -0.3 is 10.1 Å². The number of allylic oxidation sites excluding steroid dienone is 2. The monoisotopic (exact) mass is 356 g/mol. The Bertz CT molecular complexity index is 881. The Kier molecular flexibility index (Phi) is 3.88. The van der Waals surface area contributed by atoms with Crippen LogP contribution in [-0.2, 0) is 0 Å². The molecule has 1 heterocycles. The SMILES string of the molecule is COc1ccc([N+](=O)[O-])c2c1N[C@H](c1ccccc1Cl)[C@H]1CC=C[C@@H]21. The van der Waals surface area contributed by atoms with Crippen molar-refractivity contribution in [3.05, 3.63) is 74.8 Å². The molecule has 25 heavy (non-hydrogen) atoms. The van der Waals surface area contributed by atoms with Crippen LogP contribution < -0.4 is 10.1 Å². The summed E-state index contributed by atoms with van der Waals surface area (Å²) in [5.41, 5.74) is 2.52. The van der Waals surface area contributed by atoms with Crippen LogP contribution in [0.2, 0.25) is 5.02 Å². The van der Waals surface area contributed by atoms with E-state index in [-0.39, 0.29) is 28.5 Å². The molecule has 5 nitrogen and oxygen atoms in total. The van der Waals surface area contributed by atoms with Gasteiger partial charge in [0.1, 0.15) is 5.75 Å². The Labute approximate surface area is 150 Å². The maximum Gasteiger partial charge on any atom is 0.275 e. The van der Waals surface area contributed by atoms with Gasteiger partial charge in [-0.1, -0.05) is 42.0 Å². The normalized spacial score (nSPS) is 23.5. The quantitative estimate of drug-likeness (QED) is 0.473. The number of benzene rings is 2. The third-order valence-corrected chi connectivity index (χ3v) is 5.46. The summed E-state index contributed by atoms with van der Waals surface area (Å²) in [4.78, 5) is 11.2. The molecule has 0 amide bonds. The molecule has 0 spiro atoms. The van der Waals surface area contributed by atoms with E-state index in [4.69, 9.17) is 16.3 Å². The molecule has 2 aromatic carbocycles. The number of hydrogen-bond acceptors (Lipinski definition) is 4. The van der Waals surface area contributed by atoms with Crippen molar-refractivity contribution in [3.63, 3.8) is 0 Å². The van der Waals surface area contributed by atoms with Crippen molar-refractivity contribution in [3.8, 4) is 5.75 Å². The van der Waals surface area contributed by atoms with Crippen LogP contribution in [0.5, 0.6) is 5.75 Å². The molecule has 6 heteroatoms. The van der Waals surface area contributed by atoms with Crippen molar-refractivity contribution in [2.45, 2.75) is 18.4 Å². The lowest BCUT2D eigenvalue weighted by Gasteiger charge is -2.38. The van der Waals surface area contributed by atoms with E-state index in [0.717, 1.165) is 12.0 Å². The molecule has 2 aliphatic rings. The Morgan fingerprint density at radius 1 is 1.28 bits per heavy atom. The highest BCUT2D eigenvalue weighted by atomic mass is 35.5. The molecule has 0 fully saturated rings. The summed E-state index contributed by atoms with van der Waals surface area (Å²) in [7, 11) is 1.57. The first-order chi connectivity index (χ1) is 12.1. The van der Waals surface area contributed by atoms with Crippen LogP contribution >= 0.6 is 11.6 Å². The number of nitro benzene ring substituents is 1. The molecule has 0 saturated heterocycles. The zero-order valence-corrected chi connectivity index (χ0v) is 14.4. The van der Waals surface area contributed by atoms with Crippen LogP contribution in [-0.4, -0.2) is 12.0 Å². The van der Waals surface area contributed by atoms with E-state index in [1.54, 1.807) is 13.2 Å². The maximum absolute atomic E-state index is 11.6. The van der Waals surface area contributed by atoms with Gasteiger partial charge >= 0.3 is 0 Å². The summed E-state index contributed by atoms with van der Waals surface area (Å²) in [5.74, 6) is 0.752. The second-order valence-corrected chi connectivity index (χ2v) is 6.74. The largest absolute Gasteiger partial charge is 0.495 e. The predicted molar refractivity (Wildman–Crippen MR) is 97.5 cm³/mol. The number of nitrogens with one attached hydrogen (secondary N) is 1. The van der Waals surface area contributed by atoms with Crippen molar-refractivity contribution < 1.29 is 9.66 Å². The van der Waals surface area contributed by atoms with Crippen LogP contribution in [0.3, 0.4) is 0 Å². The number of halogens is 1. The molecule has 0 bridgehead atoms. The molecule has 3 atom stereocenters. The smallest absolute Gasteiger partial charge is 0.275 e. The molecule has 0 radical (unpaired) electrons. The molecule has 0 saturated carbocycles. The Morgan fingerprint density at radius 3 is 2.80 bits per heavy atom. The topological polar surface area (TPSA) is 64.4 Å². The fraction of sp³-hybridized carbons (Fsp3) is 0.263. The predicted octanol–water partition coefficient (Wildman–Crippen LogP) is 5.08. The Hall–Kier alpha value is -2.53. The summed E-state index contributed by atoms with van der Waals surface area (Å²) in [6.07, 6.45) is 5.02. The minimum absolute atomic E-state index is 0.0305. The van der Waals surface area contributed by atoms with Crippen LogP contribution in [0.1, 0.15) is 29.5 Å². The lowest BCUT2D eigenvalue weighted by atomic mass is 9.76. The van der Waals surface area contributed by atoms with Crippen LogP contribution in [0.25, 0.3) is 0 Å². The number of hydrogen-bond donors (Lipinski definition) is 1. The maximum atomic E-state index is 11.6. The summed E-state index contributed by atoms with van der Waals surface area (Å²) in [6.45, 7) is 0. The molecule has 1 N–H and O–H groups in total. The molecule has 1 aliphatic carbocycles. The van der Waals surface area contributed by atoms with E-state index in [1.807, 2.05) is 24.3 Å². The van der Waals surface area contributed by atoms with Gasteiger partial charge in [-0.05, 0) is 30.0 Å². The molecular weight excluding hydrogens is 340 g/mol. The number of anilines is 1. The third kappa shape index (κ3) is 2.46. The van der Waals surface area contributed by atoms with Gasteiger partial charge in [0.05, 0.1) is 29.3 Å². The fourth-order valence-corrected chi connectivity index (χ4v) is 4.28. The van der Waals surface area contributed by atoms with Crippen LogP contribution in [0.4, 0.5) is 11.4 Å². The average Bonchev–Trinajstić information content (AvgIpc) is 3.10. The van der Waals surface area contributed by atoms with Crippen molar-refractivity contribution >= 4 is 23.0 Å². The first kappa shape index (κ1) is 16.0. The van der Waals surface area contributed by atoms with Gasteiger partial charge in [-0.2, -0.15) is 0 Å². The summed E-state index contributed by atoms with van der Waals surface area (Å²) < 4.78 is 5.47. The Balaban J connectivity index is 1.91. The van der Waals surface area contributed by atoms with Gasteiger partial charge in [-0.15, -0.1) is 0 Å². The third-order valence-electron chi connectivity index (χ3n) is 5.12. The van der Waals surface area contributed by atoms with Crippen LogP contribution in [0, 0.1) is 16.0 Å². The summed E-state index contributed by atoms with van der Waals surface area (Å²) in [5, 5.41) is 15.7. The van der Waals surface area contributed by atoms with Gasteiger partial charge in [0.25, 0.3) is 5.69 Å². The van der Waals surface area contributed by atoms with Crippen molar-refractivity contribution in [2.24, 2.45) is 5.92 Å². The second kappa shape index (κ2) is 6.08. The van der Waals surface area contributed by atoms with Crippen molar-refractivity contribution in [1.29, 1.82) is 0 Å². The minimum Gasteiger partial charge on any atom is -0.495 e. The van der Waals surface area contributed by atoms with E-state index in [1.165, 1.54) is 6.07 Å². The van der Waals surface area contributed by atoms with Crippen molar-refractivity contribution in [1.82, 2.24) is 0 Å². The number of rotatable bonds is 3. The minimum atomic E-state index is -0.320. The standard InChI is InChI=1S/C19H17ClN2O3/c1-25-16-10-9-15(22(23)24)17-11-6-4-7-12(11)18(21-19(16)17)13-5-2-3-8-14(13)20/h2-6,8-12,18,21H,7H2,1H3/t11-,12+,18+/m1/s1. The highest BCUT2D eigenvalue weighted by Crippen LogP contribution is 2.55. The molecular formula is C19H17ClN2O3. The highest BCUT2D eigenvalue weighted by Gasteiger charge is 2.43. The number of ether oxygens (including phenoxy) is 1. The lowest BCUT2D eigenvalue weighted by Crippen LogP contribution is -2.30. The number of fused-ring (bicyclic) bond motifs is 3. The lowest BCUT2D eigenvalue weighted by molar-refractivity contribution is -0.385. The van der Waals surface area contributed by atoms with E-state index in [0.29, 0.717) is 22.0 Å². The van der Waals surface area contributed by atoms with E-state index < -0.39 is 0 Å². The average molecular weight is 357 g/mol. The van der Waals surface area contributed by atoms with Gasteiger partial charge in [0, 0.05) is 17.0 Å².